The Bertz CT molecular complexity index is 1160. The molecule has 0 radical (unpaired) electrons. The van der Waals surface area contributed by atoms with E-state index in [-0.39, 0.29) is 5.63 Å². The Morgan fingerprint density at radius 1 is 1.15 bits per heavy atom. The molecule has 0 aliphatic heterocycles. The Labute approximate surface area is 163 Å². The van der Waals surface area contributed by atoms with E-state index in [0.29, 0.717) is 11.3 Å². The van der Waals surface area contributed by atoms with Gasteiger partial charge in [-0.3, -0.25) is 4.57 Å². The van der Waals surface area contributed by atoms with Gasteiger partial charge in [0, 0.05) is 28.6 Å². The number of nitrogens with zero attached hydrogens (tertiary/aromatic N) is 3. The molecule has 4 aromatic rings. The summed E-state index contributed by atoms with van der Waals surface area (Å²) in [6.07, 6.45) is 0. The Hall–Kier alpha value is -2.58. The van der Waals surface area contributed by atoms with Gasteiger partial charge in [-0.2, -0.15) is 0 Å². The number of aryl methyl sites for hydroxylation is 2. The minimum absolute atomic E-state index is 0.361. The van der Waals surface area contributed by atoms with Crippen molar-refractivity contribution in [1.29, 1.82) is 0 Å². The number of hydrogen-bond acceptors (Lipinski definition) is 7. The Morgan fingerprint density at radius 2 is 1.93 bits per heavy atom. The average molecular weight is 399 g/mol. The first-order valence-electron chi connectivity index (χ1n) is 8.27. The topological polar surface area (TPSA) is 70.2 Å². The van der Waals surface area contributed by atoms with Crippen LogP contribution in [0.15, 0.2) is 49.9 Å². The van der Waals surface area contributed by atoms with Gasteiger partial charge in [-0.25, -0.2) is 4.79 Å². The second-order valence-corrected chi connectivity index (χ2v) is 8.22. The summed E-state index contributed by atoms with van der Waals surface area (Å²) in [5, 5.41) is 10.3. The Balaban J connectivity index is 1.62. The molecule has 0 N–H and O–H groups in total. The molecule has 3 heterocycles. The van der Waals surface area contributed by atoms with Crippen molar-refractivity contribution in [2.75, 3.05) is 7.11 Å². The largest absolute Gasteiger partial charge is 0.497 e. The summed E-state index contributed by atoms with van der Waals surface area (Å²) in [5.41, 5.74) is 3.32. The van der Waals surface area contributed by atoms with Gasteiger partial charge in [0.25, 0.3) is 0 Å². The highest BCUT2D eigenvalue weighted by Crippen LogP contribution is 2.31. The maximum atomic E-state index is 11.9. The monoisotopic (exact) mass is 399 g/mol. The summed E-state index contributed by atoms with van der Waals surface area (Å²) in [4.78, 5) is 11.9. The highest BCUT2D eigenvalue weighted by Gasteiger charge is 2.13. The summed E-state index contributed by atoms with van der Waals surface area (Å²) in [6, 6.07) is 11.1. The molecule has 6 nitrogen and oxygen atoms in total. The lowest BCUT2D eigenvalue weighted by Gasteiger charge is -2.06. The van der Waals surface area contributed by atoms with Crippen LogP contribution in [0.5, 0.6) is 5.75 Å². The zero-order valence-electron chi connectivity index (χ0n) is 15.1. The van der Waals surface area contributed by atoms with Crippen LogP contribution in [0, 0.1) is 13.8 Å². The van der Waals surface area contributed by atoms with E-state index in [1.807, 2.05) is 19.9 Å². The van der Waals surface area contributed by atoms with Crippen molar-refractivity contribution in [3.63, 3.8) is 0 Å². The minimum Gasteiger partial charge on any atom is -0.497 e. The van der Waals surface area contributed by atoms with Crippen LogP contribution in [-0.4, -0.2) is 21.9 Å². The summed E-state index contributed by atoms with van der Waals surface area (Å²) in [5.74, 6) is 1.31. The normalized spacial score (nSPS) is 11.2. The van der Waals surface area contributed by atoms with Gasteiger partial charge >= 0.3 is 5.63 Å². The SMILES string of the molecule is COc1ccc2oc(=O)cc(CSc3nnc(-n4c(C)ccc4C)s3)c2c1. The summed E-state index contributed by atoms with van der Waals surface area (Å²) >= 11 is 3.08. The number of ether oxygens (including phenoxy) is 1. The van der Waals surface area contributed by atoms with Crippen LogP contribution in [0.2, 0.25) is 0 Å². The van der Waals surface area contributed by atoms with Crippen molar-refractivity contribution in [3.8, 4) is 10.9 Å². The third-order valence-electron chi connectivity index (χ3n) is 4.24. The molecule has 1 aromatic carbocycles. The summed E-state index contributed by atoms with van der Waals surface area (Å²) in [7, 11) is 1.61. The van der Waals surface area contributed by atoms with Gasteiger partial charge in [0.15, 0.2) is 4.34 Å². The predicted molar refractivity (Wildman–Crippen MR) is 107 cm³/mol. The van der Waals surface area contributed by atoms with E-state index < -0.39 is 0 Å². The van der Waals surface area contributed by atoms with E-state index >= 15 is 0 Å². The number of fused-ring (bicyclic) bond motifs is 1. The molecular formula is C19H17N3O3S2. The molecule has 0 saturated carbocycles. The molecule has 0 fully saturated rings. The smallest absolute Gasteiger partial charge is 0.336 e. The Morgan fingerprint density at radius 3 is 2.67 bits per heavy atom. The van der Waals surface area contributed by atoms with E-state index in [0.717, 1.165) is 37.6 Å². The van der Waals surface area contributed by atoms with Gasteiger partial charge < -0.3 is 9.15 Å². The molecule has 0 amide bonds. The van der Waals surface area contributed by atoms with Crippen LogP contribution in [0.1, 0.15) is 17.0 Å². The van der Waals surface area contributed by atoms with Gasteiger partial charge in [0.1, 0.15) is 11.3 Å². The van der Waals surface area contributed by atoms with Gasteiger partial charge in [-0.15, -0.1) is 10.2 Å². The molecule has 27 heavy (non-hydrogen) atoms. The molecule has 138 valence electrons. The molecule has 0 spiro atoms. The first kappa shape index (κ1) is 17.8. The highest BCUT2D eigenvalue weighted by molar-refractivity contribution is 8.00. The van der Waals surface area contributed by atoms with Crippen molar-refractivity contribution < 1.29 is 9.15 Å². The molecule has 0 unspecified atom stereocenters. The third-order valence-corrected chi connectivity index (χ3v) is 6.34. The van der Waals surface area contributed by atoms with E-state index in [1.165, 1.54) is 17.4 Å². The van der Waals surface area contributed by atoms with Gasteiger partial charge in [0.05, 0.1) is 7.11 Å². The maximum Gasteiger partial charge on any atom is 0.336 e. The van der Waals surface area contributed by atoms with E-state index in [9.17, 15) is 4.79 Å². The van der Waals surface area contributed by atoms with Gasteiger partial charge in [-0.05, 0) is 49.7 Å². The fourth-order valence-corrected chi connectivity index (χ4v) is 4.87. The highest BCUT2D eigenvalue weighted by atomic mass is 32.2. The zero-order valence-corrected chi connectivity index (χ0v) is 16.7. The van der Waals surface area contributed by atoms with E-state index in [4.69, 9.17) is 9.15 Å². The molecule has 3 aromatic heterocycles. The van der Waals surface area contributed by atoms with Crippen LogP contribution in [0.3, 0.4) is 0 Å². The molecule has 4 rings (SSSR count). The van der Waals surface area contributed by atoms with E-state index in [1.54, 1.807) is 31.0 Å². The number of hydrogen-bond donors (Lipinski definition) is 0. The number of aromatic nitrogens is 3. The predicted octanol–water partition coefficient (Wildman–Crippen LogP) is 4.35. The van der Waals surface area contributed by atoms with Crippen molar-refractivity contribution in [2.24, 2.45) is 0 Å². The lowest BCUT2D eigenvalue weighted by atomic mass is 10.1. The Kier molecular flexibility index (Phi) is 4.75. The van der Waals surface area contributed by atoms with Gasteiger partial charge in [0.2, 0.25) is 5.13 Å². The number of benzene rings is 1. The van der Waals surface area contributed by atoms with Crippen LogP contribution in [0.4, 0.5) is 0 Å². The second kappa shape index (κ2) is 7.21. The van der Waals surface area contributed by atoms with Crippen molar-refractivity contribution in [1.82, 2.24) is 14.8 Å². The fourth-order valence-electron chi connectivity index (χ4n) is 2.91. The number of thioether (sulfide) groups is 1. The first-order valence-corrected chi connectivity index (χ1v) is 10.1. The summed E-state index contributed by atoms with van der Waals surface area (Å²) < 4.78 is 13.5. The second-order valence-electron chi connectivity index (χ2n) is 6.04. The lowest BCUT2D eigenvalue weighted by molar-refractivity contribution is 0.415. The third kappa shape index (κ3) is 3.50. The molecule has 0 bridgehead atoms. The van der Waals surface area contributed by atoms with Crippen LogP contribution in [0.25, 0.3) is 16.1 Å². The number of methoxy groups -OCH3 is 1. The lowest BCUT2D eigenvalue weighted by Crippen LogP contribution is -2.00. The van der Waals surface area contributed by atoms with Crippen LogP contribution in [-0.2, 0) is 5.75 Å². The first-order chi connectivity index (χ1) is 13.0. The molecule has 0 saturated heterocycles. The average Bonchev–Trinajstić information content (AvgIpc) is 3.25. The van der Waals surface area contributed by atoms with Crippen LogP contribution < -0.4 is 10.4 Å². The quantitative estimate of drug-likeness (QED) is 0.367. The molecule has 0 aliphatic rings. The summed E-state index contributed by atoms with van der Waals surface area (Å²) in [6.45, 7) is 4.09. The molecule has 8 heteroatoms. The number of rotatable bonds is 5. The van der Waals surface area contributed by atoms with Crippen molar-refractivity contribution >= 4 is 34.1 Å². The van der Waals surface area contributed by atoms with E-state index in [2.05, 4.69) is 26.9 Å². The zero-order chi connectivity index (χ0) is 19.0. The van der Waals surface area contributed by atoms with Crippen molar-refractivity contribution in [3.05, 3.63) is 63.8 Å². The molecule has 0 aliphatic carbocycles. The molecule has 0 atom stereocenters. The molecular weight excluding hydrogens is 382 g/mol. The van der Waals surface area contributed by atoms with Crippen molar-refractivity contribution in [2.45, 2.75) is 23.9 Å². The maximum absolute atomic E-state index is 11.9. The minimum atomic E-state index is -0.361. The van der Waals surface area contributed by atoms with Crippen LogP contribution >= 0.6 is 23.1 Å². The van der Waals surface area contributed by atoms with Gasteiger partial charge in [-0.1, -0.05) is 23.1 Å². The standard InChI is InChI=1S/C19H17N3O3S2/c1-11-4-5-12(2)22(11)18-20-21-19(27-18)26-10-13-8-17(23)25-16-7-6-14(24-3)9-15(13)16/h4-9H,10H2,1-3H3. The fraction of sp³-hybridized carbons (Fsp3) is 0.211.